The van der Waals surface area contributed by atoms with Crippen molar-refractivity contribution >= 4 is 11.9 Å². The van der Waals surface area contributed by atoms with Crippen molar-refractivity contribution in [2.45, 2.75) is 45.5 Å². The molecule has 0 radical (unpaired) electrons. The van der Waals surface area contributed by atoms with Crippen LogP contribution in [-0.4, -0.2) is 41.0 Å². The third-order valence-electron chi connectivity index (χ3n) is 4.81. The molecule has 2 aromatic heterocycles. The minimum Gasteiger partial charge on any atom is -0.283 e. The average Bonchev–Trinajstić information content (AvgIpc) is 2.71. The summed E-state index contributed by atoms with van der Waals surface area (Å²) in [6, 6.07) is 5.86. The van der Waals surface area contributed by atoms with Gasteiger partial charge in [0.15, 0.2) is 0 Å². The number of hydrogen-bond acceptors (Lipinski definition) is 4. The zero-order valence-electron chi connectivity index (χ0n) is 18.2. The molecule has 0 unspecified atom stereocenters. The molecule has 2 aromatic rings. The van der Waals surface area contributed by atoms with Crippen LogP contribution in [0.1, 0.15) is 42.7 Å². The van der Waals surface area contributed by atoms with Crippen LogP contribution in [0.5, 0.6) is 0 Å². The maximum absolute atomic E-state index is 13.9. The van der Waals surface area contributed by atoms with E-state index in [2.05, 4.69) is 36.1 Å². The summed E-state index contributed by atoms with van der Waals surface area (Å²) in [4.78, 5) is 9.00. The summed E-state index contributed by atoms with van der Waals surface area (Å²) in [7, 11) is 1.76. The molecule has 0 aliphatic rings. The molecule has 0 aliphatic carbocycles. The van der Waals surface area contributed by atoms with Gasteiger partial charge in [-0.3, -0.25) is 9.99 Å². The van der Waals surface area contributed by atoms with Gasteiger partial charge >= 0.3 is 0 Å². The Morgan fingerprint density at radius 2 is 1.87 bits per heavy atom. The summed E-state index contributed by atoms with van der Waals surface area (Å²) >= 11 is 0. The van der Waals surface area contributed by atoms with Crippen LogP contribution < -0.4 is 5.01 Å². The molecule has 0 saturated carbocycles. The summed E-state index contributed by atoms with van der Waals surface area (Å²) in [5.74, 6) is -2.32. The number of aryl methyl sites for hydroxylation is 3. The number of likely N-dealkylation sites (N-methyl/N-ethyl adjacent to an activating group) is 1. The van der Waals surface area contributed by atoms with Crippen molar-refractivity contribution in [2.75, 3.05) is 25.1 Å². The van der Waals surface area contributed by atoms with Gasteiger partial charge in [-0.25, -0.2) is 18.8 Å². The number of anilines is 1. The molecule has 4 nitrogen and oxygen atoms in total. The number of hydrazine groups is 1. The van der Waals surface area contributed by atoms with Crippen molar-refractivity contribution in [3.05, 3.63) is 72.2 Å². The van der Waals surface area contributed by atoms with E-state index in [0.717, 1.165) is 48.6 Å². The topological polar surface area (TPSA) is 32.3 Å². The van der Waals surface area contributed by atoms with E-state index < -0.39 is 12.5 Å². The first-order valence-electron chi connectivity index (χ1n) is 10.3. The van der Waals surface area contributed by atoms with Gasteiger partial charge in [0.1, 0.15) is 5.82 Å². The van der Waals surface area contributed by atoms with Crippen LogP contribution >= 0.6 is 0 Å². The molecular formula is C24H32F2N4. The first-order valence-corrected chi connectivity index (χ1v) is 10.3. The van der Waals surface area contributed by atoms with Gasteiger partial charge in [-0.05, 0) is 48.1 Å². The molecule has 6 heteroatoms. The van der Waals surface area contributed by atoms with Gasteiger partial charge in [-0.2, -0.15) is 0 Å². The van der Waals surface area contributed by atoms with Crippen molar-refractivity contribution in [1.29, 1.82) is 0 Å². The summed E-state index contributed by atoms with van der Waals surface area (Å²) in [5.41, 5.74) is 4.12. The maximum atomic E-state index is 13.9. The lowest BCUT2D eigenvalue weighted by Crippen LogP contribution is -2.47. The monoisotopic (exact) mass is 414 g/mol. The Kier molecular flexibility index (Phi) is 8.66. The van der Waals surface area contributed by atoms with Crippen molar-refractivity contribution in [1.82, 2.24) is 15.0 Å². The van der Waals surface area contributed by atoms with Crippen LogP contribution in [0.4, 0.5) is 14.6 Å². The molecule has 0 spiro atoms. The number of halogens is 2. The van der Waals surface area contributed by atoms with Crippen LogP contribution in [0.15, 0.2) is 49.8 Å². The number of pyridine rings is 2. The Balaban J connectivity index is 2.29. The number of nitrogens with zero attached hydrogens (tertiary/aromatic N) is 4. The molecule has 0 bridgehead atoms. The number of aromatic nitrogens is 2. The summed E-state index contributed by atoms with van der Waals surface area (Å²) in [6.45, 7) is 10.7. The molecule has 162 valence electrons. The van der Waals surface area contributed by atoms with E-state index in [0.29, 0.717) is 18.8 Å². The Bertz CT molecular complexity index is 845. The van der Waals surface area contributed by atoms with Crippen LogP contribution in [0.3, 0.4) is 0 Å². The summed E-state index contributed by atoms with van der Waals surface area (Å²) in [5, 5.41) is 3.25. The van der Waals surface area contributed by atoms with E-state index >= 15 is 0 Å². The number of hydrogen-bond donors (Lipinski definition) is 0. The van der Waals surface area contributed by atoms with Crippen LogP contribution in [0.2, 0.25) is 0 Å². The van der Waals surface area contributed by atoms with Crippen LogP contribution in [0.25, 0.3) is 6.08 Å². The standard InChI is InChI=1S/C24H32F2N4/c1-6-10-22-16-19(8-3)21(17-28-22)13-12-20-11-9-14-27-23(20)30(18-24(4,25)26)29(5)15-7-2/h7-9,11,14,16-17H,2-3,6,10,12-13,15,18H2,1,4-5H3. The zero-order valence-corrected chi connectivity index (χ0v) is 18.2. The van der Waals surface area contributed by atoms with Gasteiger partial charge in [0.25, 0.3) is 5.92 Å². The zero-order chi connectivity index (χ0) is 22.1. The molecule has 0 N–H and O–H groups in total. The minimum absolute atomic E-state index is 0.440. The second kappa shape index (κ2) is 11.0. The lowest BCUT2D eigenvalue weighted by atomic mass is 10.0. The van der Waals surface area contributed by atoms with Gasteiger partial charge in [0.2, 0.25) is 0 Å². The van der Waals surface area contributed by atoms with Crippen molar-refractivity contribution in [3.8, 4) is 0 Å². The van der Waals surface area contributed by atoms with E-state index in [9.17, 15) is 8.78 Å². The highest BCUT2D eigenvalue weighted by Crippen LogP contribution is 2.25. The van der Waals surface area contributed by atoms with E-state index in [-0.39, 0.29) is 0 Å². The second-order valence-corrected chi connectivity index (χ2v) is 7.57. The third kappa shape index (κ3) is 6.73. The predicted octanol–water partition coefficient (Wildman–Crippen LogP) is 5.35. The molecule has 2 heterocycles. The molecule has 2 rings (SSSR count). The summed E-state index contributed by atoms with van der Waals surface area (Å²) in [6.07, 6.45) is 10.4. The van der Waals surface area contributed by atoms with Gasteiger partial charge < -0.3 is 0 Å². The first kappa shape index (κ1) is 23.7. The fourth-order valence-electron chi connectivity index (χ4n) is 3.37. The lowest BCUT2D eigenvalue weighted by Gasteiger charge is -2.35. The van der Waals surface area contributed by atoms with E-state index in [1.165, 1.54) is 5.01 Å². The van der Waals surface area contributed by atoms with E-state index in [1.54, 1.807) is 24.3 Å². The Hall–Kier alpha value is -2.60. The SMILES string of the molecule is C=CCN(C)N(CC(C)(F)F)c1ncccc1CCc1cnc(CCC)cc1C=C. The van der Waals surface area contributed by atoms with Crippen LogP contribution in [-0.2, 0) is 19.3 Å². The van der Waals surface area contributed by atoms with Crippen molar-refractivity contribution < 1.29 is 8.78 Å². The van der Waals surface area contributed by atoms with Gasteiger partial charge in [0, 0.05) is 38.6 Å². The third-order valence-corrected chi connectivity index (χ3v) is 4.81. The lowest BCUT2D eigenvalue weighted by molar-refractivity contribution is 0.0189. The highest BCUT2D eigenvalue weighted by Gasteiger charge is 2.29. The van der Waals surface area contributed by atoms with Gasteiger partial charge in [-0.1, -0.05) is 38.1 Å². The fourth-order valence-corrected chi connectivity index (χ4v) is 3.37. The van der Waals surface area contributed by atoms with Crippen LogP contribution in [0, 0.1) is 0 Å². The molecule has 0 amide bonds. The molecule has 0 fully saturated rings. The second-order valence-electron chi connectivity index (χ2n) is 7.57. The van der Waals surface area contributed by atoms with Crippen molar-refractivity contribution in [3.63, 3.8) is 0 Å². The van der Waals surface area contributed by atoms with Gasteiger partial charge in [0.05, 0.1) is 6.54 Å². The average molecular weight is 415 g/mol. The first-order chi connectivity index (χ1) is 14.3. The predicted molar refractivity (Wildman–Crippen MR) is 121 cm³/mol. The Labute approximate surface area is 178 Å². The quantitative estimate of drug-likeness (QED) is 0.346. The Morgan fingerprint density at radius 1 is 1.13 bits per heavy atom. The molecule has 0 aliphatic heterocycles. The molecule has 0 atom stereocenters. The van der Waals surface area contributed by atoms with Gasteiger partial charge in [-0.15, -0.1) is 6.58 Å². The highest BCUT2D eigenvalue weighted by atomic mass is 19.3. The van der Waals surface area contributed by atoms with Crippen molar-refractivity contribution in [2.24, 2.45) is 0 Å². The number of rotatable bonds is 12. The smallest absolute Gasteiger partial charge is 0.264 e. The minimum atomic E-state index is -2.86. The van der Waals surface area contributed by atoms with E-state index in [4.69, 9.17) is 0 Å². The molecular weight excluding hydrogens is 382 g/mol. The fraction of sp³-hybridized carbons (Fsp3) is 0.417. The molecule has 0 saturated heterocycles. The molecule has 30 heavy (non-hydrogen) atoms. The summed E-state index contributed by atoms with van der Waals surface area (Å²) < 4.78 is 27.8. The molecule has 0 aromatic carbocycles. The normalized spacial score (nSPS) is 11.5. The largest absolute Gasteiger partial charge is 0.283 e. The Morgan fingerprint density at radius 3 is 2.50 bits per heavy atom. The highest BCUT2D eigenvalue weighted by molar-refractivity contribution is 5.53. The van der Waals surface area contributed by atoms with E-state index in [1.807, 2.05) is 24.4 Å². The maximum Gasteiger partial charge on any atom is 0.264 e. The number of alkyl halides is 2.